The highest BCUT2D eigenvalue weighted by atomic mass is 19.1. The minimum Gasteiger partial charge on any atom is -0.494 e. The lowest BCUT2D eigenvalue weighted by atomic mass is 10.1. The van der Waals surface area contributed by atoms with Gasteiger partial charge in [-0.25, -0.2) is 9.18 Å². The first-order valence-electron chi connectivity index (χ1n) is 7.47. The zero-order chi connectivity index (χ0) is 16.5. The van der Waals surface area contributed by atoms with Crippen LogP contribution in [0.1, 0.15) is 12.8 Å². The van der Waals surface area contributed by atoms with E-state index in [4.69, 9.17) is 9.47 Å². The van der Waals surface area contributed by atoms with Crippen molar-refractivity contribution in [2.45, 2.75) is 12.8 Å². The summed E-state index contributed by atoms with van der Waals surface area (Å²) in [7, 11) is 0. The first-order chi connectivity index (χ1) is 11.2. The number of hydrogen-bond acceptors (Lipinski definition) is 3. The van der Waals surface area contributed by atoms with Gasteiger partial charge in [-0.1, -0.05) is 30.8 Å². The predicted molar refractivity (Wildman–Crippen MR) is 87.7 cm³/mol. The minimum atomic E-state index is -0.401. The summed E-state index contributed by atoms with van der Waals surface area (Å²) in [5, 5.41) is 0. The smallest absolute Gasteiger partial charge is 0.330 e. The Labute approximate surface area is 135 Å². The normalized spacial score (nSPS) is 10.1. The van der Waals surface area contributed by atoms with Crippen molar-refractivity contribution in [2.24, 2.45) is 0 Å². The van der Waals surface area contributed by atoms with Gasteiger partial charge in [0.1, 0.15) is 11.6 Å². The van der Waals surface area contributed by atoms with Crippen LogP contribution in [-0.4, -0.2) is 19.2 Å². The van der Waals surface area contributed by atoms with Gasteiger partial charge < -0.3 is 9.47 Å². The van der Waals surface area contributed by atoms with E-state index in [2.05, 4.69) is 6.58 Å². The number of ether oxygens (including phenoxy) is 2. The van der Waals surface area contributed by atoms with Crippen molar-refractivity contribution in [3.8, 4) is 16.9 Å². The molecule has 0 saturated carbocycles. The van der Waals surface area contributed by atoms with Gasteiger partial charge in [0.05, 0.1) is 13.2 Å². The Morgan fingerprint density at radius 1 is 0.957 bits per heavy atom. The zero-order valence-corrected chi connectivity index (χ0v) is 12.8. The number of carbonyl (C=O) groups is 1. The SMILES string of the molecule is C=CC(=O)OCCCCOc1ccc(-c2ccc(F)cc2)cc1. The van der Waals surface area contributed by atoms with Crippen molar-refractivity contribution >= 4 is 5.97 Å². The van der Waals surface area contributed by atoms with Gasteiger partial charge in [0.25, 0.3) is 0 Å². The van der Waals surface area contributed by atoms with E-state index in [1.807, 2.05) is 24.3 Å². The number of unbranched alkanes of at least 4 members (excludes halogenated alkanes) is 1. The van der Waals surface area contributed by atoms with Crippen LogP contribution < -0.4 is 4.74 Å². The van der Waals surface area contributed by atoms with E-state index >= 15 is 0 Å². The van der Waals surface area contributed by atoms with Crippen molar-refractivity contribution in [1.82, 2.24) is 0 Å². The summed E-state index contributed by atoms with van der Waals surface area (Å²) < 4.78 is 23.4. The Morgan fingerprint density at radius 3 is 2.13 bits per heavy atom. The van der Waals surface area contributed by atoms with Gasteiger partial charge in [-0.2, -0.15) is 0 Å². The van der Waals surface area contributed by atoms with Crippen molar-refractivity contribution in [3.05, 3.63) is 67.0 Å². The average molecular weight is 314 g/mol. The van der Waals surface area contributed by atoms with E-state index in [1.54, 1.807) is 12.1 Å². The molecule has 2 aromatic rings. The second-order valence-corrected chi connectivity index (χ2v) is 4.96. The summed E-state index contributed by atoms with van der Waals surface area (Å²) in [6.07, 6.45) is 2.69. The number of hydrogen-bond donors (Lipinski definition) is 0. The Balaban J connectivity index is 1.74. The highest BCUT2D eigenvalue weighted by Gasteiger charge is 2.00. The number of carbonyl (C=O) groups excluding carboxylic acids is 1. The molecule has 0 N–H and O–H groups in total. The molecule has 0 aliphatic carbocycles. The van der Waals surface area contributed by atoms with Gasteiger partial charge in [-0.3, -0.25) is 0 Å². The highest BCUT2D eigenvalue weighted by Crippen LogP contribution is 2.22. The maximum absolute atomic E-state index is 12.9. The van der Waals surface area contributed by atoms with E-state index in [0.717, 1.165) is 35.8 Å². The lowest BCUT2D eigenvalue weighted by Crippen LogP contribution is -2.04. The van der Waals surface area contributed by atoms with Crippen LogP contribution in [0.3, 0.4) is 0 Å². The molecular formula is C19H19FO3. The summed E-state index contributed by atoms with van der Waals surface area (Å²) in [5.74, 6) is 0.133. The third-order valence-electron chi connectivity index (χ3n) is 3.25. The van der Waals surface area contributed by atoms with Gasteiger partial charge in [0, 0.05) is 6.08 Å². The second-order valence-electron chi connectivity index (χ2n) is 4.96. The fourth-order valence-corrected chi connectivity index (χ4v) is 2.01. The molecule has 0 unspecified atom stereocenters. The molecule has 0 bridgehead atoms. The first-order valence-corrected chi connectivity index (χ1v) is 7.47. The van der Waals surface area contributed by atoms with E-state index in [0.29, 0.717) is 13.2 Å². The Hall–Kier alpha value is -2.62. The Morgan fingerprint density at radius 2 is 1.52 bits per heavy atom. The van der Waals surface area contributed by atoms with Crippen molar-refractivity contribution in [1.29, 1.82) is 0 Å². The summed E-state index contributed by atoms with van der Waals surface area (Å²) in [6, 6.07) is 14.0. The molecule has 0 aromatic heterocycles. The van der Waals surface area contributed by atoms with E-state index in [-0.39, 0.29) is 5.82 Å². The van der Waals surface area contributed by atoms with Gasteiger partial charge in [0.15, 0.2) is 0 Å². The molecular weight excluding hydrogens is 295 g/mol. The van der Waals surface area contributed by atoms with Gasteiger partial charge in [-0.15, -0.1) is 0 Å². The number of benzene rings is 2. The molecule has 0 saturated heterocycles. The topological polar surface area (TPSA) is 35.5 Å². The van der Waals surface area contributed by atoms with Crippen LogP contribution in [0.15, 0.2) is 61.2 Å². The zero-order valence-electron chi connectivity index (χ0n) is 12.8. The summed E-state index contributed by atoms with van der Waals surface area (Å²) >= 11 is 0. The summed E-state index contributed by atoms with van der Waals surface area (Å²) in [5.41, 5.74) is 1.97. The third kappa shape index (κ3) is 5.58. The molecule has 3 nitrogen and oxygen atoms in total. The molecule has 0 radical (unpaired) electrons. The minimum absolute atomic E-state index is 0.243. The second kappa shape index (κ2) is 8.73. The molecule has 0 aliphatic heterocycles. The van der Waals surface area contributed by atoms with Gasteiger partial charge in [-0.05, 0) is 48.2 Å². The van der Waals surface area contributed by atoms with E-state index in [9.17, 15) is 9.18 Å². The monoisotopic (exact) mass is 314 g/mol. The van der Waals surface area contributed by atoms with Gasteiger partial charge >= 0.3 is 5.97 Å². The molecule has 0 aliphatic rings. The Kier molecular flexibility index (Phi) is 6.36. The van der Waals surface area contributed by atoms with Crippen LogP contribution >= 0.6 is 0 Å². The van der Waals surface area contributed by atoms with Crippen molar-refractivity contribution < 1.29 is 18.7 Å². The van der Waals surface area contributed by atoms with Crippen LogP contribution in [0.5, 0.6) is 5.75 Å². The molecule has 2 aromatic carbocycles. The van der Waals surface area contributed by atoms with Crippen LogP contribution in [0.2, 0.25) is 0 Å². The van der Waals surface area contributed by atoms with Crippen LogP contribution in [0, 0.1) is 5.82 Å². The van der Waals surface area contributed by atoms with Crippen LogP contribution in [0.25, 0.3) is 11.1 Å². The molecule has 0 spiro atoms. The fourth-order valence-electron chi connectivity index (χ4n) is 2.01. The molecule has 23 heavy (non-hydrogen) atoms. The van der Waals surface area contributed by atoms with E-state index < -0.39 is 5.97 Å². The predicted octanol–water partition coefficient (Wildman–Crippen LogP) is 4.38. The van der Waals surface area contributed by atoms with Crippen molar-refractivity contribution in [3.63, 3.8) is 0 Å². The molecule has 4 heteroatoms. The summed E-state index contributed by atoms with van der Waals surface area (Å²) in [6.45, 7) is 4.26. The molecule has 0 atom stereocenters. The number of esters is 1. The molecule has 120 valence electrons. The van der Waals surface area contributed by atoms with Gasteiger partial charge in [0.2, 0.25) is 0 Å². The molecule has 0 fully saturated rings. The van der Waals surface area contributed by atoms with Crippen LogP contribution in [0.4, 0.5) is 4.39 Å². The average Bonchev–Trinajstić information content (AvgIpc) is 2.59. The van der Waals surface area contributed by atoms with Crippen molar-refractivity contribution in [2.75, 3.05) is 13.2 Å². The molecule has 0 heterocycles. The molecule has 0 amide bonds. The maximum Gasteiger partial charge on any atom is 0.330 e. The quantitative estimate of drug-likeness (QED) is 0.412. The third-order valence-corrected chi connectivity index (χ3v) is 3.25. The number of halogens is 1. The largest absolute Gasteiger partial charge is 0.494 e. The first kappa shape index (κ1) is 16.7. The molecule has 2 rings (SSSR count). The maximum atomic E-state index is 12.9. The fraction of sp³-hybridized carbons (Fsp3) is 0.211. The highest BCUT2D eigenvalue weighted by molar-refractivity contribution is 5.81. The lowest BCUT2D eigenvalue weighted by Gasteiger charge is -2.08. The summed E-state index contributed by atoms with van der Waals surface area (Å²) in [4.78, 5) is 10.8. The lowest BCUT2D eigenvalue weighted by molar-refractivity contribution is -0.137. The Bertz CT molecular complexity index is 633. The van der Waals surface area contributed by atoms with Crippen LogP contribution in [-0.2, 0) is 9.53 Å². The standard InChI is InChI=1S/C19H19FO3/c1-2-19(21)23-14-4-3-13-22-18-11-7-16(8-12-18)15-5-9-17(20)10-6-15/h2,5-12H,1,3-4,13-14H2. The van der Waals surface area contributed by atoms with E-state index in [1.165, 1.54) is 12.1 Å². The number of rotatable bonds is 8.